The summed E-state index contributed by atoms with van der Waals surface area (Å²) in [5, 5.41) is 3.87. The highest BCUT2D eigenvalue weighted by molar-refractivity contribution is 7.92. The van der Waals surface area contributed by atoms with Crippen LogP contribution in [-0.2, 0) is 32.6 Å². The first-order valence-electron chi connectivity index (χ1n) is 16.2. The zero-order valence-electron chi connectivity index (χ0n) is 27.5. The van der Waals surface area contributed by atoms with Crippen molar-refractivity contribution in [3.8, 4) is 0 Å². The molecule has 0 spiro atoms. The Bertz CT molecular complexity index is 1840. The lowest BCUT2D eigenvalue weighted by Gasteiger charge is -2.34. The van der Waals surface area contributed by atoms with Gasteiger partial charge in [-0.1, -0.05) is 96.2 Å². The standard InChI is InChI=1S/C38H41Cl2N3O4S/c1-26-13-16-33(17-14-26)48(46,47)43(32-20-27(2)19-28(3)21-32)25-37(44)42(24-30-15-18-34(39)35(40)22-30)36(23-29-9-5-4-6-10-29)38(45)41-31-11-7-8-12-31/h4-6,9-10,13-22,31,36H,7-8,11-12,23-25H2,1-3H3,(H,41,45). The number of carbonyl (C=O) groups is 2. The number of benzene rings is 4. The highest BCUT2D eigenvalue weighted by atomic mass is 35.5. The highest BCUT2D eigenvalue weighted by Crippen LogP contribution is 2.29. The molecule has 0 saturated heterocycles. The number of carbonyl (C=O) groups excluding carboxylic acids is 2. The van der Waals surface area contributed by atoms with Gasteiger partial charge in [0.1, 0.15) is 12.6 Å². The molecule has 0 bridgehead atoms. The van der Waals surface area contributed by atoms with Crippen molar-refractivity contribution >= 4 is 50.7 Å². The molecule has 1 aliphatic rings. The van der Waals surface area contributed by atoms with Gasteiger partial charge in [-0.2, -0.15) is 0 Å². The zero-order valence-corrected chi connectivity index (χ0v) is 29.8. The summed E-state index contributed by atoms with van der Waals surface area (Å²) in [5.74, 6) is -0.808. The van der Waals surface area contributed by atoms with Crippen molar-refractivity contribution in [1.29, 1.82) is 0 Å². The van der Waals surface area contributed by atoms with Gasteiger partial charge in [0.15, 0.2) is 0 Å². The highest BCUT2D eigenvalue weighted by Gasteiger charge is 2.35. The summed E-state index contributed by atoms with van der Waals surface area (Å²) in [6.45, 7) is 5.13. The van der Waals surface area contributed by atoms with Crippen LogP contribution in [0.5, 0.6) is 0 Å². The van der Waals surface area contributed by atoms with Crippen LogP contribution in [0.4, 0.5) is 5.69 Å². The van der Waals surface area contributed by atoms with Crippen LogP contribution < -0.4 is 9.62 Å². The van der Waals surface area contributed by atoms with Gasteiger partial charge >= 0.3 is 0 Å². The minimum absolute atomic E-state index is 0.0105. The average Bonchev–Trinajstić information content (AvgIpc) is 3.56. The first-order valence-corrected chi connectivity index (χ1v) is 18.4. The molecule has 4 aromatic rings. The lowest BCUT2D eigenvalue weighted by atomic mass is 10.0. The number of rotatable bonds is 12. The molecule has 1 aliphatic carbocycles. The number of hydrogen-bond donors (Lipinski definition) is 1. The second-order valence-electron chi connectivity index (χ2n) is 12.6. The molecule has 5 rings (SSSR count). The van der Waals surface area contributed by atoms with E-state index in [1.807, 2.05) is 57.2 Å². The molecule has 4 aromatic carbocycles. The van der Waals surface area contributed by atoms with Crippen LogP contribution >= 0.6 is 23.2 Å². The van der Waals surface area contributed by atoms with E-state index in [0.29, 0.717) is 21.3 Å². The largest absolute Gasteiger partial charge is 0.352 e. The fourth-order valence-electron chi connectivity index (χ4n) is 6.22. The van der Waals surface area contributed by atoms with Crippen molar-refractivity contribution in [3.63, 3.8) is 0 Å². The molecule has 0 aliphatic heterocycles. The predicted octanol–water partition coefficient (Wildman–Crippen LogP) is 7.81. The smallest absolute Gasteiger partial charge is 0.264 e. The molecule has 252 valence electrons. The van der Waals surface area contributed by atoms with E-state index in [1.165, 1.54) is 4.90 Å². The van der Waals surface area contributed by atoms with Crippen LogP contribution in [0.2, 0.25) is 10.0 Å². The molecule has 1 atom stereocenters. The third-order valence-corrected chi connectivity index (χ3v) is 11.2. The molecule has 48 heavy (non-hydrogen) atoms. The van der Waals surface area contributed by atoms with Gasteiger partial charge in [0.25, 0.3) is 10.0 Å². The van der Waals surface area contributed by atoms with Crippen LogP contribution in [0.1, 0.15) is 53.5 Å². The van der Waals surface area contributed by atoms with Gasteiger partial charge in [0, 0.05) is 19.0 Å². The number of amides is 2. The molecule has 0 radical (unpaired) electrons. The molecular weight excluding hydrogens is 665 g/mol. The second kappa shape index (κ2) is 15.6. The summed E-state index contributed by atoms with van der Waals surface area (Å²) in [5.41, 5.74) is 4.51. The molecule has 0 aromatic heterocycles. The molecule has 1 saturated carbocycles. The Balaban J connectivity index is 1.59. The quantitative estimate of drug-likeness (QED) is 0.163. The summed E-state index contributed by atoms with van der Waals surface area (Å²) in [7, 11) is -4.19. The number of halogens is 2. The predicted molar refractivity (Wildman–Crippen MR) is 193 cm³/mol. The average molecular weight is 707 g/mol. The molecule has 1 fully saturated rings. The van der Waals surface area contributed by atoms with Crippen LogP contribution in [0.3, 0.4) is 0 Å². The maximum absolute atomic E-state index is 14.7. The minimum atomic E-state index is -4.19. The Morgan fingerprint density at radius 2 is 1.44 bits per heavy atom. The Kier molecular flexibility index (Phi) is 11.5. The van der Waals surface area contributed by atoms with Crippen LogP contribution in [-0.4, -0.2) is 43.8 Å². The molecular formula is C38H41Cl2N3O4S. The third kappa shape index (κ3) is 8.78. The van der Waals surface area contributed by atoms with Crippen molar-refractivity contribution in [2.75, 3.05) is 10.8 Å². The maximum Gasteiger partial charge on any atom is 0.264 e. The van der Waals surface area contributed by atoms with E-state index < -0.39 is 28.5 Å². The maximum atomic E-state index is 14.7. The Morgan fingerprint density at radius 3 is 2.06 bits per heavy atom. The lowest BCUT2D eigenvalue weighted by Crippen LogP contribution is -2.54. The van der Waals surface area contributed by atoms with Gasteiger partial charge < -0.3 is 10.2 Å². The molecule has 1 N–H and O–H groups in total. The number of hydrogen-bond acceptors (Lipinski definition) is 4. The number of aryl methyl sites for hydroxylation is 3. The first-order chi connectivity index (χ1) is 22.9. The van der Waals surface area contributed by atoms with Gasteiger partial charge in [-0.25, -0.2) is 8.42 Å². The van der Waals surface area contributed by atoms with E-state index in [9.17, 15) is 18.0 Å². The van der Waals surface area contributed by atoms with Crippen LogP contribution in [0.25, 0.3) is 0 Å². The SMILES string of the molecule is Cc1ccc(S(=O)(=O)N(CC(=O)N(Cc2ccc(Cl)c(Cl)c2)C(Cc2ccccc2)C(=O)NC2CCCC2)c2cc(C)cc(C)c2)cc1. The minimum Gasteiger partial charge on any atom is -0.352 e. The van der Waals surface area contributed by atoms with E-state index in [2.05, 4.69) is 5.32 Å². The van der Waals surface area contributed by atoms with Crippen molar-refractivity contribution in [1.82, 2.24) is 10.2 Å². The summed E-state index contributed by atoms with van der Waals surface area (Å²) in [6.07, 6.45) is 4.05. The van der Waals surface area contributed by atoms with Gasteiger partial charge in [0.2, 0.25) is 11.8 Å². The van der Waals surface area contributed by atoms with Gasteiger partial charge in [0.05, 0.1) is 20.6 Å². The van der Waals surface area contributed by atoms with Crippen molar-refractivity contribution in [3.05, 3.63) is 129 Å². The van der Waals surface area contributed by atoms with Crippen molar-refractivity contribution in [2.24, 2.45) is 0 Å². The fraction of sp³-hybridized carbons (Fsp3) is 0.316. The second-order valence-corrected chi connectivity index (χ2v) is 15.3. The summed E-state index contributed by atoms with van der Waals surface area (Å²) >= 11 is 12.6. The Hall–Kier alpha value is -3.85. The van der Waals surface area contributed by atoms with E-state index in [1.54, 1.807) is 54.6 Å². The van der Waals surface area contributed by atoms with E-state index >= 15 is 0 Å². The Morgan fingerprint density at radius 1 is 0.792 bits per heavy atom. The third-order valence-electron chi connectivity index (χ3n) is 8.69. The normalized spacial score (nSPS) is 14.0. The molecule has 0 heterocycles. The molecule has 1 unspecified atom stereocenters. The van der Waals surface area contributed by atoms with E-state index in [-0.39, 0.29) is 29.8 Å². The lowest BCUT2D eigenvalue weighted by molar-refractivity contribution is -0.140. The van der Waals surface area contributed by atoms with E-state index in [4.69, 9.17) is 23.2 Å². The van der Waals surface area contributed by atoms with Gasteiger partial charge in [-0.3, -0.25) is 13.9 Å². The van der Waals surface area contributed by atoms with E-state index in [0.717, 1.165) is 52.2 Å². The molecule has 2 amide bonds. The van der Waals surface area contributed by atoms with Gasteiger partial charge in [-0.15, -0.1) is 0 Å². The van der Waals surface area contributed by atoms with Crippen molar-refractivity contribution < 1.29 is 18.0 Å². The summed E-state index contributed by atoms with van der Waals surface area (Å²) in [6, 6.07) is 25.7. The Labute approximate surface area is 293 Å². The monoisotopic (exact) mass is 705 g/mol. The summed E-state index contributed by atoms with van der Waals surface area (Å²) in [4.78, 5) is 30.5. The topological polar surface area (TPSA) is 86.8 Å². The van der Waals surface area contributed by atoms with Crippen LogP contribution in [0.15, 0.2) is 95.9 Å². The fourth-order valence-corrected chi connectivity index (χ4v) is 7.94. The number of nitrogens with zero attached hydrogens (tertiary/aromatic N) is 2. The summed E-state index contributed by atoms with van der Waals surface area (Å²) < 4.78 is 29.8. The van der Waals surface area contributed by atoms with Gasteiger partial charge in [-0.05, 0) is 92.3 Å². The van der Waals surface area contributed by atoms with Crippen molar-refractivity contribution in [2.45, 2.75) is 76.4 Å². The number of sulfonamides is 1. The first kappa shape index (κ1) is 35.5. The number of anilines is 1. The zero-order chi connectivity index (χ0) is 34.4. The molecule has 10 heteroatoms. The molecule has 7 nitrogen and oxygen atoms in total. The number of nitrogens with one attached hydrogen (secondary N) is 1. The van der Waals surface area contributed by atoms with Crippen LogP contribution in [0, 0.1) is 20.8 Å².